The molecule has 1 N–H and O–H groups in total. The number of nitrogens with one attached hydrogen (secondary N) is 1. The van der Waals surface area contributed by atoms with Crippen molar-refractivity contribution in [1.82, 2.24) is 4.98 Å². The van der Waals surface area contributed by atoms with E-state index in [1.54, 1.807) is 17.5 Å². The summed E-state index contributed by atoms with van der Waals surface area (Å²) in [6.07, 6.45) is 7.34. The van der Waals surface area contributed by atoms with E-state index in [1.807, 2.05) is 0 Å². The molecule has 0 bridgehead atoms. The molecule has 0 fully saturated rings. The Kier molecular flexibility index (Phi) is 7.53. The second-order valence-electron chi connectivity index (χ2n) is 5.91. The average molecular weight is 361 g/mol. The minimum atomic E-state index is -0.431. The van der Waals surface area contributed by atoms with Crippen molar-refractivity contribution >= 4 is 28.1 Å². The Labute approximate surface area is 151 Å². The summed E-state index contributed by atoms with van der Waals surface area (Å²) < 4.78 is 0. The average Bonchev–Trinajstić information content (AvgIpc) is 3.06. The number of hydrogen-bond acceptors (Lipinski definition) is 5. The molecule has 2 aromatic rings. The van der Waals surface area contributed by atoms with Crippen molar-refractivity contribution in [2.45, 2.75) is 51.9 Å². The maximum atomic E-state index is 12.0. The molecule has 1 aromatic carbocycles. The number of thiazole rings is 1. The van der Waals surface area contributed by atoms with E-state index in [9.17, 15) is 14.9 Å². The first-order valence-corrected chi connectivity index (χ1v) is 9.48. The molecule has 0 atom stereocenters. The molecular weight excluding hydrogens is 338 g/mol. The lowest BCUT2D eigenvalue weighted by Gasteiger charge is -2.02. The van der Waals surface area contributed by atoms with Gasteiger partial charge in [0.05, 0.1) is 10.6 Å². The Balaban J connectivity index is 1.84. The lowest BCUT2D eigenvalue weighted by atomic mass is 10.1. The number of nitro groups is 1. The Bertz CT molecular complexity index is 715. The van der Waals surface area contributed by atoms with Gasteiger partial charge in [-0.15, -0.1) is 11.3 Å². The lowest BCUT2D eigenvalue weighted by Crippen LogP contribution is -2.10. The molecule has 0 unspecified atom stereocenters. The van der Waals surface area contributed by atoms with Crippen LogP contribution in [-0.2, 0) is 4.79 Å². The van der Waals surface area contributed by atoms with Gasteiger partial charge in [-0.05, 0) is 6.42 Å². The summed E-state index contributed by atoms with van der Waals surface area (Å²) in [5, 5.41) is 16.0. The van der Waals surface area contributed by atoms with Crippen molar-refractivity contribution in [3.05, 3.63) is 39.8 Å². The summed E-state index contributed by atoms with van der Waals surface area (Å²) in [7, 11) is 0. The molecule has 1 amide bonds. The SMILES string of the molecule is CCCCCCCCC(=O)Nc1nc(-c2cccc([N+](=O)[O-])c2)cs1. The van der Waals surface area contributed by atoms with Crippen molar-refractivity contribution in [3.8, 4) is 11.3 Å². The van der Waals surface area contributed by atoms with Crippen LogP contribution in [0.5, 0.6) is 0 Å². The summed E-state index contributed by atoms with van der Waals surface area (Å²) in [4.78, 5) is 26.7. The zero-order chi connectivity index (χ0) is 18.1. The number of benzene rings is 1. The van der Waals surface area contributed by atoms with E-state index < -0.39 is 4.92 Å². The van der Waals surface area contributed by atoms with Crippen molar-refractivity contribution in [1.29, 1.82) is 0 Å². The highest BCUT2D eigenvalue weighted by Crippen LogP contribution is 2.27. The van der Waals surface area contributed by atoms with E-state index in [0.29, 0.717) is 22.8 Å². The van der Waals surface area contributed by atoms with Gasteiger partial charge in [-0.2, -0.15) is 0 Å². The summed E-state index contributed by atoms with van der Waals surface area (Å²) >= 11 is 1.32. The Hall–Kier alpha value is -2.28. The molecule has 25 heavy (non-hydrogen) atoms. The van der Waals surface area contributed by atoms with E-state index in [4.69, 9.17) is 0 Å². The van der Waals surface area contributed by atoms with E-state index in [2.05, 4.69) is 17.2 Å². The first-order chi connectivity index (χ1) is 12.1. The van der Waals surface area contributed by atoms with Crippen molar-refractivity contribution in [2.24, 2.45) is 0 Å². The number of nitrogens with zero attached hydrogens (tertiary/aromatic N) is 2. The van der Waals surface area contributed by atoms with E-state index in [0.717, 1.165) is 12.8 Å². The van der Waals surface area contributed by atoms with Crippen LogP contribution in [0.4, 0.5) is 10.8 Å². The van der Waals surface area contributed by atoms with Crippen LogP contribution in [0.25, 0.3) is 11.3 Å². The smallest absolute Gasteiger partial charge is 0.270 e. The fraction of sp³-hybridized carbons (Fsp3) is 0.444. The summed E-state index contributed by atoms with van der Waals surface area (Å²) in [5.41, 5.74) is 1.32. The molecule has 7 heteroatoms. The molecule has 1 heterocycles. The fourth-order valence-electron chi connectivity index (χ4n) is 2.49. The first kappa shape index (κ1) is 19.1. The molecule has 0 saturated heterocycles. The number of unbranched alkanes of at least 4 members (excludes halogenated alkanes) is 5. The quantitative estimate of drug-likeness (QED) is 0.348. The highest BCUT2D eigenvalue weighted by atomic mass is 32.1. The van der Waals surface area contributed by atoms with Gasteiger partial charge in [0.2, 0.25) is 5.91 Å². The molecule has 0 aliphatic rings. The highest BCUT2D eigenvalue weighted by molar-refractivity contribution is 7.14. The molecule has 134 valence electrons. The third-order valence-corrected chi connectivity index (χ3v) is 4.62. The molecule has 6 nitrogen and oxygen atoms in total. The van der Waals surface area contributed by atoms with Crippen molar-refractivity contribution in [3.63, 3.8) is 0 Å². The number of hydrogen-bond donors (Lipinski definition) is 1. The van der Waals surface area contributed by atoms with Crippen molar-refractivity contribution in [2.75, 3.05) is 5.32 Å². The van der Waals surface area contributed by atoms with Gasteiger partial charge in [0.25, 0.3) is 5.69 Å². The summed E-state index contributed by atoms with van der Waals surface area (Å²) in [5.74, 6) is -0.0320. The second kappa shape index (κ2) is 9.88. The molecular formula is C18H23N3O3S. The van der Waals surface area contributed by atoms with Gasteiger partial charge >= 0.3 is 0 Å². The van der Waals surface area contributed by atoms with Gasteiger partial charge in [0, 0.05) is 29.5 Å². The summed E-state index contributed by atoms with van der Waals surface area (Å²) in [6.45, 7) is 2.18. The standard InChI is InChI=1S/C18H23N3O3S/c1-2-3-4-5-6-7-11-17(22)20-18-19-16(13-25-18)14-9-8-10-15(12-14)21(23)24/h8-10,12-13H,2-7,11H2,1H3,(H,19,20,22). The van der Waals surface area contributed by atoms with Gasteiger partial charge in [-0.25, -0.2) is 4.98 Å². The molecule has 1 aromatic heterocycles. The number of aromatic nitrogens is 1. The molecule has 0 saturated carbocycles. The predicted octanol–water partition coefficient (Wildman–Crippen LogP) is 5.41. The van der Waals surface area contributed by atoms with E-state index in [-0.39, 0.29) is 11.6 Å². The van der Waals surface area contributed by atoms with Crippen LogP contribution in [0.2, 0.25) is 0 Å². The number of anilines is 1. The Morgan fingerprint density at radius 2 is 2.00 bits per heavy atom. The molecule has 0 aliphatic carbocycles. The third-order valence-electron chi connectivity index (χ3n) is 3.86. The van der Waals surface area contributed by atoms with Crippen LogP contribution in [0.3, 0.4) is 0 Å². The number of carbonyl (C=O) groups excluding carboxylic acids is 1. The van der Waals surface area contributed by atoms with Crippen LogP contribution in [-0.4, -0.2) is 15.8 Å². The van der Waals surface area contributed by atoms with Crippen LogP contribution >= 0.6 is 11.3 Å². The zero-order valence-corrected chi connectivity index (χ0v) is 15.2. The Morgan fingerprint density at radius 1 is 1.24 bits per heavy atom. The van der Waals surface area contributed by atoms with Gasteiger partial charge in [0.15, 0.2) is 5.13 Å². The number of nitro benzene ring substituents is 1. The third kappa shape index (κ3) is 6.26. The second-order valence-corrected chi connectivity index (χ2v) is 6.77. The van der Waals surface area contributed by atoms with Gasteiger partial charge in [0.1, 0.15) is 0 Å². The molecule has 0 radical (unpaired) electrons. The van der Waals surface area contributed by atoms with Crippen LogP contribution in [0.15, 0.2) is 29.6 Å². The predicted molar refractivity (Wildman–Crippen MR) is 101 cm³/mol. The van der Waals surface area contributed by atoms with Crippen LogP contribution in [0, 0.1) is 10.1 Å². The molecule has 0 aliphatic heterocycles. The maximum Gasteiger partial charge on any atom is 0.270 e. The number of carbonyl (C=O) groups is 1. The Morgan fingerprint density at radius 3 is 2.76 bits per heavy atom. The van der Waals surface area contributed by atoms with Crippen LogP contribution < -0.4 is 5.32 Å². The topological polar surface area (TPSA) is 85.1 Å². The molecule has 0 spiro atoms. The minimum absolute atomic E-state index is 0.0270. The summed E-state index contributed by atoms with van der Waals surface area (Å²) in [6, 6.07) is 6.32. The highest BCUT2D eigenvalue weighted by Gasteiger charge is 2.11. The number of rotatable bonds is 10. The first-order valence-electron chi connectivity index (χ1n) is 8.60. The van der Waals surface area contributed by atoms with Gasteiger partial charge < -0.3 is 5.32 Å². The van der Waals surface area contributed by atoms with Crippen LogP contribution in [0.1, 0.15) is 51.9 Å². The van der Waals surface area contributed by atoms with E-state index >= 15 is 0 Å². The zero-order valence-electron chi connectivity index (χ0n) is 14.4. The normalized spacial score (nSPS) is 10.6. The van der Waals surface area contributed by atoms with E-state index in [1.165, 1.54) is 49.2 Å². The maximum absolute atomic E-state index is 12.0. The number of amides is 1. The molecule has 2 rings (SSSR count). The van der Waals surface area contributed by atoms with Crippen molar-refractivity contribution < 1.29 is 9.72 Å². The largest absolute Gasteiger partial charge is 0.302 e. The fourth-order valence-corrected chi connectivity index (χ4v) is 3.23. The monoisotopic (exact) mass is 361 g/mol. The number of non-ortho nitro benzene ring substituents is 1. The van der Waals surface area contributed by atoms with Gasteiger partial charge in [-0.1, -0.05) is 51.2 Å². The van der Waals surface area contributed by atoms with Gasteiger partial charge in [-0.3, -0.25) is 14.9 Å². The lowest BCUT2D eigenvalue weighted by molar-refractivity contribution is -0.384. The minimum Gasteiger partial charge on any atom is -0.302 e.